The fourth-order valence-corrected chi connectivity index (χ4v) is 2.20. The summed E-state index contributed by atoms with van der Waals surface area (Å²) >= 11 is 0. The second kappa shape index (κ2) is 5.69. The molecule has 21 heavy (non-hydrogen) atoms. The van der Waals surface area contributed by atoms with Crippen LogP contribution in [0.1, 0.15) is 13.8 Å². The van der Waals surface area contributed by atoms with Gasteiger partial charge in [0.05, 0.1) is 36.2 Å². The van der Waals surface area contributed by atoms with E-state index >= 15 is 0 Å². The van der Waals surface area contributed by atoms with E-state index in [1.54, 1.807) is 6.20 Å². The molecule has 0 radical (unpaired) electrons. The molecular weight excluding hydrogens is 274 g/mol. The summed E-state index contributed by atoms with van der Waals surface area (Å²) in [7, 11) is 0. The largest absolute Gasteiger partial charge is 0.478 e. The number of morpholine rings is 1. The molecule has 1 aliphatic heterocycles. The van der Waals surface area contributed by atoms with Crippen LogP contribution in [-0.4, -0.2) is 46.2 Å². The van der Waals surface area contributed by atoms with Gasteiger partial charge in [0.2, 0.25) is 0 Å². The SMILES string of the molecule is C=C(Cn1ncc(N2CCOC(C)(C)C2)cc1=O)C(=O)O. The molecule has 1 fully saturated rings. The number of carboxylic acids is 1. The van der Waals surface area contributed by atoms with E-state index in [-0.39, 0.29) is 23.3 Å². The number of aromatic nitrogens is 2. The molecule has 0 saturated carbocycles. The molecule has 0 atom stereocenters. The number of hydrogen-bond donors (Lipinski definition) is 1. The highest BCUT2D eigenvalue weighted by atomic mass is 16.5. The van der Waals surface area contributed by atoms with Crippen molar-refractivity contribution in [2.24, 2.45) is 0 Å². The summed E-state index contributed by atoms with van der Waals surface area (Å²) in [5, 5.41) is 12.8. The fourth-order valence-electron chi connectivity index (χ4n) is 2.20. The van der Waals surface area contributed by atoms with Gasteiger partial charge in [-0.25, -0.2) is 9.48 Å². The summed E-state index contributed by atoms with van der Waals surface area (Å²) in [4.78, 5) is 24.8. The van der Waals surface area contributed by atoms with E-state index in [9.17, 15) is 9.59 Å². The lowest BCUT2D eigenvalue weighted by Crippen LogP contribution is -2.48. The summed E-state index contributed by atoms with van der Waals surface area (Å²) in [6.45, 7) is 9.20. The molecule has 7 heteroatoms. The lowest BCUT2D eigenvalue weighted by atomic mass is 10.1. The predicted octanol–water partition coefficient (Wildman–Crippen LogP) is 0.499. The Hall–Kier alpha value is -2.15. The minimum atomic E-state index is -1.14. The van der Waals surface area contributed by atoms with Gasteiger partial charge >= 0.3 is 5.97 Å². The molecule has 0 aliphatic carbocycles. The van der Waals surface area contributed by atoms with E-state index in [1.807, 2.05) is 18.7 Å². The summed E-state index contributed by atoms with van der Waals surface area (Å²) < 4.78 is 6.72. The molecule has 0 spiro atoms. The van der Waals surface area contributed by atoms with Gasteiger partial charge in [0, 0.05) is 19.2 Å². The molecule has 0 amide bonds. The van der Waals surface area contributed by atoms with Crippen LogP contribution in [0.3, 0.4) is 0 Å². The fraction of sp³-hybridized carbons (Fsp3) is 0.500. The Morgan fingerprint density at radius 2 is 2.29 bits per heavy atom. The molecule has 1 N–H and O–H groups in total. The van der Waals surface area contributed by atoms with E-state index in [0.717, 1.165) is 4.68 Å². The molecular formula is C14H19N3O4. The average molecular weight is 293 g/mol. The third-order valence-corrected chi connectivity index (χ3v) is 3.29. The lowest BCUT2D eigenvalue weighted by Gasteiger charge is -2.39. The van der Waals surface area contributed by atoms with Gasteiger partial charge in [-0.3, -0.25) is 4.79 Å². The van der Waals surface area contributed by atoms with Crippen molar-refractivity contribution < 1.29 is 14.6 Å². The molecule has 114 valence electrons. The van der Waals surface area contributed by atoms with Gasteiger partial charge in [-0.2, -0.15) is 5.10 Å². The van der Waals surface area contributed by atoms with Crippen molar-refractivity contribution in [2.75, 3.05) is 24.6 Å². The molecule has 1 aliphatic rings. The number of anilines is 1. The van der Waals surface area contributed by atoms with Crippen molar-refractivity contribution in [2.45, 2.75) is 26.0 Å². The van der Waals surface area contributed by atoms with Crippen LogP contribution in [0.5, 0.6) is 0 Å². The van der Waals surface area contributed by atoms with Crippen LogP contribution in [0.15, 0.2) is 29.2 Å². The van der Waals surface area contributed by atoms with Crippen molar-refractivity contribution >= 4 is 11.7 Å². The Kier molecular flexibility index (Phi) is 4.13. The number of aliphatic carboxylic acids is 1. The first-order chi connectivity index (χ1) is 9.78. The van der Waals surface area contributed by atoms with Gasteiger partial charge in [-0.1, -0.05) is 6.58 Å². The maximum Gasteiger partial charge on any atom is 0.332 e. The lowest BCUT2D eigenvalue weighted by molar-refractivity contribution is -0.132. The molecule has 0 bridgehead atoms. The molecule has 2 rings (SSSR count). The zero-order chi connectivity index (χ0) is 15.6. The number of rotatable bonds is 4. The van der Waals surface area contributed by atoms with Gasteiger partial charge < -0.3 is 14.7 Å². The van der Waals surface area contributed by atoms with E-state index in [4.69, 9.17) is 9.84 Å². The zero-order valence-corrected chi connectivity index (χ0v) is 12.2. The molecule has 0 unspecified atom stereocenters. The van der Waals surface area contributed by atoms with Crippen molar-refractivity contribution in [3.63, 3.8) is 0 Å². The normalized spacial score (nSPS) is 17.5. The summed E-state index contributed by atoms with van der Waals surface area (Å²) in [6, 6.07) is 1.46. The molecule has 0 aromatic carbocycles. The second-order valence-electron chi connectivity index (χ2n) is 5.65. The Labute approximate surface area is 122 Å². The Bertz CT molecular complexity index is 621. The van der Waals surface area contributed by atoms with Crippen LogP contribution < -0.4 is 10.5 Å². The highest BCUT2D eigenvalue weighted by Gasteiger charge is 2.27. The Morgan fingerprint density at radius 3 is 2.86 bits per heavy atom. The van der Waals surface area contributed by atoms with Crippen LogP contribution in [0.2, 0.25) is 0 Å². The Balaban J connectivity index is 2.17. The zero-order valence-electron chi connectivity index (χ0n) is 12.2. The number of carboxylic acid groups (broad SMARTS) is 1. The smallest absolute Gasteiger partial charge is 0.332 e. The minimum absolute atomic E-state index is 0.0788. The van der Waals surface area contributed by atoms with Crippen LogP contribution in [0, 0.1) is 0 Å². The number of ether oxygens (including phenoxy) is 1. The third-order valence-electron chi connectivity index (χ3n) is 3.29. The predicted molar refractivity (Wildman–Crippen MR) is 77.5 cm³/mol. The van der Waals surface area contributed by atoms with Crippen molar-refractivity contribution in [1.29, 1.82) is 0 Å². The monoisotopic (exact) mass is 293 g/mol. The highest BCUT2D eigenvalue weighted by Crippen LogP contribution is 2.21. The summed E-state index contributed by atoms with van der Waals surface area (Å²) in [5.41, 5.74) is 0.0163. The average Bonchev–Trinajstić information content (AvgIpc) is 2.39. The first-order valence-electron chi connectivity index (χ1n) is 6.66. The van der Waals surface area contributed by atoms with Crippen LogP contribution in [-0.2, 0) is 16.1 Å². The summed E-state index contributed by atoms with van der Waals surface area (Å²) in [5.74, 6) is -1.14. The van der Waals surface area contributed by atoms with Crippen molar-refractivity contribution in [3.8, 4) is 0 Å². The molecule has 2 heterocycles. The van der Waals surface area contributed by atoms with Crippen LogP contribution >= 0.6 is 0 Å². The van der Waals surface area contributed by atoms with Gasteiger partial charge in [0.25, 0.3) is 5.56 Å². The molecule has 1 aromatic heterocycles. The topological polar surface area (TPSA) is 84.7 Å². The highest BCUT2D eigenvalue weighted by molar-refractivity contribution is 5.85. The maximum atomic E-state index is 12.0. The quantitative estimate of drug-likeness (QED) is 0.814. The van der Waals surface area contributed by atoms with Gasteiger partial charge in [0.15, 0.2) is 0 Å². The molecule has 1 saturated heterocycles. The third kappa shape index (κ3) is 3.69. The standard InChI is InChI=1S/C14H19N3O4/c1-10(13(19)20)8-17-12(18)6-11(7-15-17)16-4-5-21-14(2,3)9-16/h6-7H,1,4-5,8-9H2,2-3H3,(H,19,20). The number of hydrogen-bond acceptors (Lipinski definition) is 5. The second-order valence-corrected chi connectivity index (χ2v) is 5.65. The van der Waals surface area contributed by atoms with E-state index < -0.39 is 5.97 Å². The number of nitrogens with zero attached hydrogens (tertiary/aromatic N) is 3. The van der Waals surface area contributed by atoms with Crippen molar-refractivity contribution in [1.82, 2.24) is 9.78 Å². The van der Waals surface area contributed by atoms with E-state index in [0.29, 0.717) is 25.4 Å². The van der Waals surface area contributed by atoms with Crippen LogP contribution in [0.25, 0.3) is 0 Å². The molecule has 7 nitrogen and oxygen atoms in total. The minimum Gasteiger partial charge on any atom is -0.478 e. The number of carbonyl (C=O) groups is 1. The van der Waals surface area contributed by atoms with Crippen molar-refractivity contribution in [3.05, 3.63) is 34.8 Å². The first-order valence-corrected chi connectivity index (χ1v) is 6.66. The van der Waals surface area contributed by atoms with Gasteiger partial charge in [-0.15, -0.1) is 0 Å². The maximum absolute atomic E-state index is 12.0. The van der Waals surface area contributed by atoms with Crippen LogP contribution in [0.4, 0.5) is 5.69 Å². The Morgan fingerprint density at radius 1 is 1.57 bits per heavy atom. The van der Waals surface area contributed by atoms with Gasteiger partial charge in [-0.05, 0) is 13.8 Å². The summed E-state index contributed by atoms with van der Waals surface area (Å²) in [6.07, 6.45) is 1.57. The molecule has 1 aromatic rings. The first kappa shape index (κ1) is 15.2. The van der Waals surface area contributed by atoms with E-state index in [1.165, 1.54) is 6.07 Å². The van der Waals surface area contributed by atoms with E-state index in [2.05, 4.69) is 11.7 Å². The van der Waals surface area contributed by atoms with Gasteiger partial charge in [0.1, 0.15) is 0 Å².